The molecule has 0 radical (unpaired) electrons. The minimum atomic E-state index is 0.297. The van der Waals surface area contributed by atoms with Gasteiger partial charge in [0.1, 0.15) is 11.9 Å². The van der Waals surface area contributed by atoms with Crippen molar-refractivity contribution in [3.63, 3.8) is 0 Å². The third-order valence-electron chi connectivity index (χ3n) is 5.51. The molecule has 0 amide bonds. The molecule has 2 aliphatic rings. The van der Waals surface area contributed by atoms with Crippen molar-refractivity contribution in [1.29, 1.82) is 0 Å². The summed E-state index contributed by atoms with van der Waals surface area (Å²) in [5, 5.41) is 3.50. The Morgan fingerprint density at radius 3 is 2.48 bits per heavy atom. The van der Waals surface area contributed by atoms with E-state index in [1.165, 1.54) is 32.1 Å². The zero-order valence-corrected chi connectivity index (χ0v) is 16.7. The molecule has 150 valence electrons. The number of hydrogen-bond acceptors (Lipinski definition) is 3. The van der Waals surface area contributed by atoms with Gasteiger partial charge in [0.2, 0.25) is 0 Å². The van der Waals surface area contributed by atoms with Crippen molar-refractivity contribution in [2.24, 2.45) is 4.99 Å². The molecular weight excluding hydrogens is 338 g/mol. The van der Waals surface area contributed by atoms with Gasteiger partial charge in [0, 0.05) is 46.1 Å². The minimum Gasteiger partial charge on any atom is -0.490 e. The molecule has 1 aromatic rings. The van der Waals surface area contributed by atoms with Crippen LogP contribution >= 0.6 is 0 Å². The molecule has 0 unspecified atom stereocenters. The quantitative estimate of drug-likeness (QED) is 0.448. The summed E-state index contributed by atoms with van der Waals surface area (Å²) in [6.07, 6.45) is 10.4. The molecule has 1 N–H and O–H groups in total. The fraction of sp³-hybridized carbons (Fsp3) is 0.682. The van der Waals surface area contributed by atoms with E-state index in [0.717, 1.165) is 57.2 Å². The van der Waals surface area contributed by atoms with E-state index in [0.29, 0.717) is 12.2 Å². The number of ether oxygens (including phenoxy) is 2. The Labute approximate surface area is 164 Å². The van der Waals surface area contributed by atoms with Crippen LogP contribution in [-0.4, -0.2) is 56.4 Å². The van der Waals surface area contributed by atoms with Gasteiger partial charge in [-0.25, -0.2) is 0 Å². The second kappa shape index (κ2) is 11.2. The van der Waals surface area contributed by atoms with Crippen LogP contribution in [0, 0.1) is 0 Å². The highest BCUT2D eigenvalue weighted by atomic mass is 16.5. The van der Waals surface area contributed by atoms with Crippen molar-refractivity contribution >= 4 is 5.96 Å². The van der Waals surface area contributed by atoms with Gasteiger partial charge in [0.25, 0.3) is 0 Å². The predicted octanol–water partition coefficient (Wildman–Crippen LogP) is 3.84. The summed E-state index contributed by atoms with van der Waals surface area (Å²) in [6.45, 7) is 3.73. The van der Waals surface area contributed by atoms with Gasteiger partial charge in [-0.3, -0.25) is 4.99 Å². The van der Waals surface area contributed by atoms with Crippen LogP contribution in [0.25, 0.3) is 0 Å². The zero-order valence-electron chi connectivity index (χ0n) is 16.7. The molecule has 27 heavy (non-hydrogen) atoms. The molecule has 0 bridgehead atoms. The van der Waals surface area contributed by atoms with E-state index in [4.69, 9.17) is 9.47 Å². The van der Waals surface area contributed by atoms with Crippen molar-refractivity contribution in [2.45, 2.75) is 63.6 Å². The summed E-state index contributed by atoms with van der Waals surface area (Å²) in [5.74, 6) is 1.97. The van der Waals surface area contributed by atoms with E-state index in [1.807, 2.05) is 37.4 Å². The summed E-state index contributed by atoms with van der Waals surface area (Å²) in [4.78, 5) is 6.80. The summed E-state index contributed by atoms with van der Waals surface area (Å²) in [7, 11) is 1.87. The highest BCUT2D eigenvalue weighted by Gasteiger charge is 2.22. The average Bonchev–Trinajstić information content (AvgIpc) is 2.73. The first-order valence-corrected chi connectivity index (χ1v) is 10.6. The normalized spacial score (nSPS) is 19.9. The first-order chi connectivity index (χ1) is 13.3. The van der Waals surface area contributed by atoms with Gasteiger partial charge in [-0.2, -0.15) is 0 Å². The smallest absolute Gasteiger partial charge is 0.193 e. The number of guanidine groups is 1. The number of benzene rings is 1. The maximum Gasteiger partial charge on any atom is 0.193 e. The van der Waals surface area contributed by atoms with Gasteiger partial charge in [-0.1, -0.05) is 37.5 Å². The zero-order chi connectivity index (χ0) is 18.7. The predicted molar refractivity (Wildman–Crippen MR) is 110 cm³/mol. The molecule has 2 fully saturated rings. The van der Waals surface area contributed by atoms with E-state index in [-0.39, 0.29) is 0 Å². The summed E-state index contributed by atoms with van der Waals surface area (Å²) in [6, 6.07) is 10.1. The monoisotopic (exact) mass is 373 g/mol. The third-order valence-corrected chi connectivity index (χ3v) is 5.51. The van der Waals surface area contributed by atoms with Crippen LogP contribution in [0.4, 0.5) is 0 Å². The number of nitrogens with zero attached hydrogens (tertiary/aromatic N) is 2. The Bertz CT molecular complexity index is 550. The minimum absolute atomic E-state index is 0.297. The molecule has 5 heteroatoms. The fourth-order valence-electron chi connectivity index (χ4n) is 3.96. The fourth-order valence-corrected chi connectivity index (χ4v) is 3.96. The second-order valence-corrected chi connectivity index (χ2v) is 7.58. The van der Waals surface area contributed by atoms with Gasteiger partial charge in [-0.15, -0.1) is 0 Å². The number of para-hydroxylation sites is 1. The van der Waals surface area contributed by atoms with E-state index in [2.05, 4.69) is 15.2 Å². The highest BCUT2D eigenvalue weighted by Crippen LogP contribution is 2.20. The first kappa shape index (κ1) is 20.0. The van der Waals surface area contributed by atoms with Gasteiger partial charge < -0.3 is 19.7 Å². The average molecular weight is 374 g/mol. The van der Waals surface area contributed by atoms with Crippen molar-refractivity contribution < 1.29 is 9.47 Å². The number of piperidine rings is 1. The molecule has 0 atom stereocenters. The van der Waals surface area contributed by atoms with Crippen molar-refractivity contribution in [2.75, 3.05) is 33.3 Å². The van der Waals surface area contributed by atoms with Crippen molar-refractivity contribution in [3.8, 4) is 5.75 Å². The van der Waals surface area contributed by atoms with E-state index in [9.17, 15) is 0 Å². The maximum absolute atomic E-state index is 6.08. The molecule has 1 aromatic carbocycles. The summed E-state index contributed by atoms with van der Waals surface area (Å²) < 4.78 is 12.1. The molecular formula is C22H35N3O2. The van der Waals surface area contributed by atoms with Gasteiger partial charge in [0.15, 0.2) is 5.96 Å². The van der Waals surface area contributed by atoms with Crippen LogP contribution < -0.4 is 10.1 Å². The molecule has 3 rings (SSSR count). The van der Waals surface area contributed by atoms with Crippen LogP contribution in [0.3, 0.4) is 0 Å². The molecule has 1 aliphatic heterocycles. The van der Waals surface area contributed by atoms with Crippen LogP contribution in [-0.2, 0) is 4.74 Å². The van der Waals surface area contributed by atoms with Crippen molar-refractivity contribution in [1.82, 2.24) is 10.2 Å². The number of aliphatic imine (C=N–C) groups is 1. The third kappa shape index (κ3) is 6.73. The number of hydrogen-bond donors (Lipinski definition) is 1. The van der Waals surface area contributed by atoms with Crippen LogP contribution in [0.5, 0.6) is 5.75 Å². The molecule has 0 aromatic heterocycles. The Balaban J connectivity index is 1.30. The van der Waals surface area contributed by atoms with Gasteiger partial charge in [0.05, 0.1) is 6.10 Å². The van der Waals surface area contributed by atoms with Crippen LogP contribution in [0.1, 0.15) is 51.4 Å². The number of rotatable bonds is 7. The maximum atomic E-state index is 6.08. The van der Waals surface area contributed by atoms with E-state index in [1.54, 1.807) is 0 Å². The Hall–Kier alpha value is -1.75. The molecule has 5 nitrogen and oxygen atoms in total. The van der Waals surface area contributed by atoms with E-state index >= 15 is 0 Å². The lowest BCUT2D eigenvalue weighted by molar-refractivity contribution is 0.0276. The van der Waals surface area contributed by atoms with E-state index < -0.39 is 0 Å². The second-order valence-electron chi connectivity index (χ2n) is 7.58. The molecule has 1 saturated heterocycles. The molecule has 1 heterocycles. The molecule has 0 spiro atoms. The number of likely N-dealkylation sites (tertiary alicyclic amines) is 1. The lowest BCUT2D eigenvalue weighted by Crippen LogP contribution is -2.47. The number of nitrogens with one attached hydrogen (secondary N) is 1. The van der Waals surface area contributed by atoms with Crippen LogP contribution in [0.15, 0.2) is 35.3 Å². The Kier molecular flexibility index (Phi) is 8.28. The highest BCUT2D eigenvalue weighted by molar-refractivity contribution is 5.79. The molecule has 1 aliphatic carbocycles. The standard InChI is InChI=1S/C22H35N3O2/c1-23-22(24-15-8-18-26-19-9-4-2-5-10-19)25-16-13-21(14-17-25)27-20-11-6-3-7-12-20/h3,6-7,11-12,19,21H,2,4-5,8-10,13-18H2,1H3,(H,23,24). The lowest BCUT2D eigenvalue weighted by Gasteiger charge is -2.34. The van der Waals surface area contributed by atoms with Crippen LogP contribution in [0.2, 0.25) is 0 Å². The van der Waals surface area contributed by atoms with Crippen molar-refractivity contribution in [3.05, 3.63) is 30.3 Å². The summed E-state index contributed by atoms with van der Waals surface area (Å²) in [5.41, 5.74) is 0. The first-order valence-electron chi connectivity index (χ1n) is 10.6. The van der Waals surface area contributed by atoms with Gasteiger partial charge in [-0.05, 0) is 31.4 Å². The lowest BCUT2D eigenvalue weighted by atomic mass is 9.98. The Morgan fingerprint density at radius 1 is 1.04 bits per heavy atom. The SMILES string of the molecule is CN=C(NCCCOC1CCCCC1)N1CCC(Oc2ccccc2)CC1. The largest absolute Gasteiger partial charge is 0.490 e. The van der Waals surface area contributed by atoms with Gasteiger partial charge >= 0.3 is 0 Å². The summed E-state index contributed by atoms with van der Waals surface area (Å²) >= 11 is 0. The molecule has 1 saturated carbocycles. The topological polar surface area (TPSA) is 46.1 Å². The Morgan fingerprint density at radius 2 is 1.78 bits per heavy atom.